The van der Waals surface area contributed by atoms with Crippen molar-refractivity contribution in [2.75, 3.05) is 13.6 Å². The van der Waals surface area contributed by atoms with E-state index in [9.17, 15) is 0 Å². The Labute approximate surface area is 123 Å². The van der Waals surface area contributed by atoms with E-state index in [-0.39, 0.29) is 0 Å². The second kappa shape index (κ2) is 7.60. The molecule has 0 saturated carbocycles. The summed E-state index contributed by atoms with van der Waals surface area (Å²) in [4.78, 5) is 4.18. The minimum atomic E-state index is 0.706. The first-order valence-corrected chi connectivity index (χ1v) is 6.87. The first-order chi connectivity index (χ1) is 9.78. The minimum absolute atomic E-state index is 0.706. The summed E-state index contributed by atoms with van der Waals surface area (Å²) in [6.07, 6.45) is 2.51. The topological polar surface area (TPSA) is 49.6 Å². The number of hydrogen-bond donors (Lipinski definition) is 2. The van der Waals surface area contributed by atoms with E-state index in [1.165, 1.54) is 0 Å². The zero-order valence-corrected chi connectivity index (χ0v) is 12.2. The van der Waals surface area contributed by atoms with E-state index in [2.05, 4.69) is 15.6 Å². The van der Waals surface area contributed by atoms with E-state index in [0.29, 0.717) is 6.54 Å². The Balaban J connectivity index is 1.73. The lowest BCUT2D eigenvalue weighted by molar-refractivity contribution is 0.507. The van der Waals surface area contributed by atoms with Crippen LogP contribution in [0.4, 0.5) is 0 Å². The molecule has 2 aromatic rings. The van der Waals surface area contributed by atoms with Gasteiger partial charge in [0.15, 0.2) is 5.96 Å². The van der Waals surface area contributed by atoms with Crippen LogP contribution >= 0.6 is 11.6 Å². The maximum Gasteiger partial charge on any atom is 0.191 e. The van der Waals surface area contributed by atoms with Gasteiger partial charge in [0.1, 0.15) is 5.76 Å². The zero-order chi connectivity index (χ0) is 14.2. The summed E-state index contributed by atoms with van der Waals surface area (Å²) in [5, 5.41) is 7.24. The monoisotopic (exact) mass is 291 g/mol. The van der Waals surface area contributed by atoms with Gasteiger partial charge in [0.25, 0.3) is 0 Å². The molecule has 4 nitrogen and oxygen atoms in total. The largest absolute Gasteiger partial charge is 0.469 e. The highest BCUT2D eigenvalue weighted by molar-refractivity contribution is 6.30. The van der Waals surface area contributed by atoms with Crippen molar-refractivity contribution >= 4 is 17.6 Å². The van der Waals surface area contributed by atoms with Gasteiger partial charge in [-0.25, -0.2) is 0 Å². The summed E-state index contributed by atoms with van der Waals surface area (Å²) < 4.78 is 5.28. The van der Waals surface area contributed by atoms with Gasteiger partial charge < -0.3 is 15.1 Å². The third kappa shape index (κ3) is 4.63. The van der Waals surface area contributed by atoms with Gasteiger partial charge in [-0.15, -0.1) is 0 Å². The number of nitrogens with one attached hydrogen (secondary N) is 2. The average molecular weight is 292 g/mol. The Bertz CT molecular complexity index is 535. The van der Waals surface area contributed by atoms with Gasteiger partial charge in [-0.05, 0) is 29.8 Å². The molecule has 0 unspecified atom stereocenters. The highest BCUT2D eigenvalue weighted by atomic mass is 35.5. The van der Waals surface area contributed by atoms with Crippen molar-refractivity contribution in [2.24, 2.45) is 4.99 Å². The quantitative estimate of drug-likeness (QED) is 0.658. The number of rotatable bonds is 5. The van der Waals surface area contributed by atoms with Crippen molar-refractivity contribution in [3.63, 3.8) is 0 Å². The van der Waals surface area contributed by atoms with Gasteiger partial charge >= 0.3 is 0 Å². The van der Waals surface area contributed by atoms with Crippen LogP contribution < -0.4 is 10.6 Å². The number of nitrogens with zero attached hydrogens (tertiary/aromatic N) is 1. The van der Waals surface area contributed by atoms with E-state index in [4.69, 9.17) is 16.0 Å². The fourth-order valence-corrected chi connectivity index (χ4v) is 1.89. The fraction of sp³-hybridized carbons (Fsp3) is 0.267. The predicted molar refractivity (Wildman–Crippen MR) is 82.1 cm³/mol. The Hall–Kier alpha value is -1.94. The molecule has 0 aliphatic heterocycles. The van der Waals surface area contributed by atoms with Gasteiger partial charge in [-0.1, -0.05) is 23.7 Å². The molecule has 1 heterocycles. The van der Waals surface area contributed by atoms with Gasteiger partial charge in [0, 0.05) is 31.6 Å². The highest BCUT2D eigenvalue weighted by Crippen LogP contribution is 2.09. The molecule has 0 saturated heterocycles. The van der Waals surface area contributed by atoms with Crippen LogP contribution in [0, 0.1) is 0 Å². The lowest BCUT2D eigenvalue weighted by Gasteiger charge is -2.11. The summed E-state index contributed by atoms with van der Waals surface area (Å²) in [6.45, 7) is 1.48. The number of benzene rings is 1. The van der Waals surface area contributed by atoms with Crippen LogP contribution in [0.2, 0.25) is 5.02 Å². The van der Waals surface area contributed by atoms with Crippen molar-refractivity contribution in [1.29, 1.82) is 0 Å². The number of guanidine groups is 1. The molecule has 2 rings (SSSR count). The van der Waals surface area contributed by atoms with Crippen molar-refractivity contribution in [3.05, 3.63) is 59.0 Å². The molecule has 0 fully saturated rings. The van der Waals surface area contributed by atoms with E-state index < -0.39 is 0 Å². The maximum absolute atomic E-state index is 5.85. The molecule has 1 aromatic heterocycles. The van der Waals surface area contributed by atoms with E-state index in [1.54, 1.807) is 13.3 Å². The molecule has 106 valence electrons. The van der Waals surface area contributed by atoms with Crippen molar-refractivity contribution in [2.45, 2.75) is 13.0 Å². The maximum atomic E-state index is 5.85. The predicted octanol–water partition coefficient (Wildman–Crippen LogP) is 2.84. The van der Waals surface area contributed by atoms with Crippen molar-refractivity contribution in [3.8, 4) is 0 Å². The zero-order valence-electron chi connectivity index (χ0n) is 11.4. The fourth-order valence-electron chi connectivity index (χ4n) is 1.77. The number of halogens is 1. The number of furan rings is 1. The lowest BCUT2D eigenvalue weighted by atomic mass is 10.2. The molecule has 2 N–H and O–H groups in total. The first kappa shape index (κ1) is 14.5. The SMILES string of the molecule is CN=C(NCCc1ccco1)NCc1ccc(Cl)cc1. The Kier molecular flexibility index (Phi) is 5.50. The second-order valence-electron chi connectivity index (χ2n) is 4.31. The van der Waals surface area contributed by atoms with E-state index in [1.807, 2.05) is 36.4 Å². The van der Waals surface area contributed by atoms with Gasteiger partial charge in [0.2, 0.25) is 0 Å². The van der Waals surface area contributed by atoms with Gasteiger partial charge in [-0.3, -0.25) is 4.99 Å². The van der Waals surface area contributed by atoms with Crippen LogP contribution in [0.5, 0.6) is 0 Å². The molecule has 5 heteroatoms. The molecule has 0 aliphatic carbocycles. The summed E-state index contributed by atoms with van der Waals surface area (Å²) >= 11 is 5.85. The Morgan fingerprint density at radius 2 is 2.00 bits per heavy atom. The van der Waals surface area contributed by atoms with Crippen LogP contribution in [0.3, 0.4) is 0 Å². The molecular weight excluding hydrogens is 274 g/mol. The third-order valence-electron chi connectivity index (χ3n) is 2.84. The van der Waals surface area contributed by atoms with Gasteiger partial charge in [-0.2, -0.15) is 0 Å². The standard InChI is InChI=1S/C15H18ClN3O/c1-17-15(18-9-8-14-3-2-10-20-14)19-11-12-4-6-13(16)7-5-12/h2-7,10H,8-9,11H2,1H3,(H2,17,18,19). The third-order valence-corrected chi connectivity index (χ3v) is 3.09. The molecule has 0 spiro atoms. The van der Waals surface area contributed by atoms with Crippen LogP contribution in [0.1, 0.15) is 11.3 Å². The summed E-state index contributed by atoms with van der Waals surface area (Å²) in [5.74, 6) is 1.73. The Morgan fingerprint density at radius 1 is 1.20 bits per heavy atom. The number of aliphatic imine (C=N–C) groups is 1. The molecule has 0 amide bonds. The molecule has 0 aliphatic rings. The van der Waals surface area contributed by atoms with Crippen LogP contribution in [-0.4, -0.2) is 19.6 Å². The average Bonchev–Trinajstić information content (AvgIpc) is 2.97. The van der Waals surface area contributed by atoms with E-state index in [0.717, 1.165) is 35.3 Å². The molecule has 0 radical (unpaired) electrons. The van der Waals surface area contributed by atoms with Crippen molar-refractivity contribution in [1.82, 2.24) is 10.6 Å². The van der Waals surface area contributed by atoms with Gasteiger partial charge in [0.05, 0.1) is 6.26 Å². The second-order valence-corrected chi connectivity index (χ2v) is 4.74. The smallest absolute Gasteiger partial charge is 0.191 e. The molecule has 20 heavy (non-hydrogen) atoms. The summed E-state index contributed by atoms with van der Waals surface area (Å²) in [7, 11) is 1.75. The minimum Gasteiger partial charge on any atom is -0.469 e. The van der Waals surface area contributed by atoms with Crippen molar-refractivity contribution < 1.29 is 4.42 Å². The first-order valence-electron chi connectivity index (χ1n) is 6.49. The Morgan fingerprint density at radius 3 is 2.65 bits per heavy atom. The lowest BCUT2D eigenvalue weighted by Crippen LogP contribution is -2.37. The normalized spacial score (nSPS) is 11.4. The number of hydrogen-bond acceptors (Lipinski definition) is 2. The molecular formula is C15H18ClN3O. The molecule has 0 bridgehead atoms. The summed E-state index contributed by atoms with van der Waals surface area (Å²) in [6, 6.07) is 11.6. The highest BCUT2D eigenvalue weighted by Gasteiger charge is 2.00. The molecule has 1 aromatic carbocycles. The van der Waals surface area contributed by atoms with Crippen LogP contribution in [-0.2, 0) is 13.0 Å². The summed E-state index contributed by atoms with van der Waals surface area (Å²) in [5.41, 5.74) is 1.16. The van der Waals surface area contributed by atoms with Crippen LogP contribution in [0.15, 0.2) is 52.1 Å². The van der Waals surface area contributed by atoms with E-state index >= 15 is 0 Å². The molecule has 0 atom stereocenters. The van der Waals surface area contributed by atoms with Crippen LogP contribution in [0.25, 0.3) is 0 Å².